The molecule has 1 atom stereocenters. The van der Waals surface area contributed by atoms with Gasteiger partial charge in [0.1, 0.15) is 5.75 Å². The molecular formula is C13H18O4. The summed E-state index contributed by atoms with van der Waals surface area (Å²) in [5.74, 6) is -0.273. The standard InChI is InChI=1S/C13H18O4/c1-2-3-8-17-13(16)9-12(15)10-4-6-11(14)7-5-10/h4-7,12,14-15H,2-3,8-9H2,1H3. The number of aliphatic hydroxyl groups excluding tert-OH is 1. The van der Waals surface area contributed by atoms with Crippen molar-refractivity contribution in [2.45, 2.75) is 32.3 Å². The van der Waals surface area contributed by atoms with Crippen LogP contribution < -0.4 is 0 Å². The molecular weight excluding hydrogens is 220 g/mol. The van der Waals surface area contributed by atoms with Gasteiger partial charge in [0.25, 0.3) is 0 Å². The molecule has 0 spiro atoms. The van der Waals surface area contributed by atoms with Crippen molar-refractivity contribution >= 4 is 5.97 Å². The molecule has 0 aliphatic carbocycles. The topological polar surface area (TPSA) is 66.8 Å². The van der Waals surface area contributed by atoms with Crippen LogP contribution in [-0.4, -0.2) is 22.8 Å². The minimum absolute atomic E-state index is 0.0610. The highest BCUT2D eigenvalue weighted by Gasteiger charge is 2.13. The van der Waals surface area contributed by atoms with E-state index in [-0.39, 0.29) is 12.2 Å². The van der Waals surface area contributed by atoms with Crippen LogP contribution in [0.2, 0.25) is 0 Å². The maximum Gasteiger partial charge on any atom is 0.308 e. The second-order valence-corrected chi connectivity index (χ2v) is 3.89. The quantitative estimate of drug-likeness (QED) is 0.588. The normalized spacial score (nSPS) is 12.1. The molecule has 0 radical (unpaired) electrons. The Balaban J connectivity index is 2.40. The van der Waals surface area contributed by atoms with Crippen LogP contribution in [0.5, 0.6) is 5.75 Å². The molecule has 4 nitrogen and oxygen atoms in total. The highest BCUT2D eigenvalue weighted by molar-refractivity contribution is 5.70. The van der Waals surface area contributed by atoms with Gasteiger partial charge in [-0.1, -0.05) is 25.5 Å². The van der Waals surface area contributed by atoms with E-state index in [0.29, 0.717) is 12.2 Å². The van der Waals surface area contributed by atoms with Crippen LogP contribution in [0.3, 0.4) is 0 Å². The summed E-state index contributed by atoms with van der Waals surface area (Å²) in [7, 11) is 0. The van der Waals surface area contributed by atoms with Gasteiger partial charge in [-0.05, 0) is 24.1 Å². The Morgan fingerprint density at radius 3 is 2.59 bits per heavy atom. The average Bonchev–Trinajstić information content (AvgIpc) is 2.30. The minimum Gasteiger partial charge on any atom is -0.508 e. The van der Waals surface area contributed by atoms with Crippen LogP contribution in [0.15, 0.2) is 24.3 Å². The number of ether oxygens (including phenoxy) is 1. The Morgan fingerprint density at radius 1 is 1.35 bits per heavy atom. The molecule has 17 heavy (non-hydrogen) atoms. The van der Waals surface area contributed by atoms with Crippen LogP contribution >= 0.6 is 0 Å². The highest BCUT2D eigenvalue weighted by Crippen LogP contribution is 2.19. The third-order valence-electron chi connectivity index (χ3n) is 2.40. The van der Waals surface area contributed by atoms with Crippen molar-refractivity contribution in [3.05, 3.63) is 29.8 Å². The van der Waals surface area contributed by atoms with E-state index in [1.165, 1.54) is 12.1 Å². The molecule has 0 aromatic heterocycles. The summed E-state index contributed by atoms with van der Waals surface area (Å²) in [4.78, 5) is 11.3. The largest absolute Gasteiger partial charge is 0.508 e. The predicted molar refractivity (Wildman–Crippen MR) is 63.6 cm³/mol. The fourth-order valence-corrected chi connectivity index (χ4v) is 1.36. The van der Waals surface area contributed by atoms with Crippen molar-refractivity contribution < 1.29 is 19.7 Å². The smallest absolute Gasteiger partial charge is 0.308 e. The molecule has 0 saturated heterocycles. The number of hydrogen-bond donors (Lipinski definition) is 2. The van der Waals surface area contributed by atoms with Gasteiger partial charge in [-0.15, -0.1) is 0 Å². The van der Waals surface area contributed by atoms with Gasteiger partial charge in [0.05, 0.1) is 19.1 Å². The highest BCUT2D eigenvalue weighted by atomic mass is 16.5. The summed E-state index contributed by atoms with van der Waals surface area (Å²) in [5.41, 5.74) is 0.593. The number of phenolic OH excluding ortho intramolecular Hbond substituents is 1. The molecule has 0 amide bonds. The van der Waals surface area contributed by atoms with Gasteiger partial charge in [0.2, 0.25) is 0 Å². The number of unbranched alkanes of at least 4 members (excludes halogenated alkanes) is 1. The van der Waals surface area contributed by atoms with Gasteiger partial charge >= 0.3 is 5.97 Å². The second-order valence-electron chi connectivity index (χ2n) is 3.89. The zero-order valence-corrected chi connectivity index (χ0v) is 9.93. The van der Waals surface area contributed by atoms with E-state index in [2.05, 4.69) is 0 Å². The molecule has 1 aromatic carbocycles. The van der Waals surface area contributed by atoms with E-state index in [1.54, 1.807) is 12.1 Å². The Bertz CT molecular complexity index is 345. The van der Waals surface area contributed by atoms with Gasteiger partial charge in [0, 0.05) is 0 Å². The first-order valence-electron chi connectivity index (χ1n) is 5.76. The molecule has 1 unspecified atom stereocenters. The van der Waals surface area contributed by atoms with Crippen molar-refractivity contribution in [3.63, 3.8) is 0 Å². The number of hydrogen-bond acceptors (Lipinski definition) is 4. The summed E-state index contributed by atoms with van der Waals surface area (Å²) in [6.07, 6.45) is 0.855. The van der Waals surface area contributed by atoms with Crippen molar-refractivity contribution in [3.8, 4) is 5.75 Å². The van der Waals surface area contributed by atoms with Gasteiger partial charge in [-0.3, -0.25) is 4.79 Å². The maximum absolute atomic E-state index is 11.3. The molecule has 0 heterocycles. The lowest BCUT2D eigenvalue weighted by atomic mass is 10.1. The van der Waals surface area contributed by atoms with Crippen LogP contribution in [0, 0.1) is 0 Å². The second kappa shape index (κ2) is 6.91. The lowest BCUT2D eigenvalue weighted by Crippen LogP contribution is -2.10. The first-order valence-corrected chi connectivity index (χ1v) is 5.76. The van der Waals surface area contributed by atoms with Crippen LogP contribution in [0.4, 0.5) is 0 Å². The zero-order valence-electron chi connectivity index (χ0n) is 9.93. The summed E-state index contributed by atoms with van der Waals surface area (Å²) in [5, 5.41) is 18.8. The van der Waals surface area contributed by atoms with Gasteiger partial charge in [0.15, 0.2) is 0 Å². The third-order valence-corrected chi connectivity index (χ3v) is 2.40. The average molecular weight is 238 g/mol. The lowest BCUT2D eigenvalue weighted by molar-refractivity contribution is -0.146. The molecule has 0 aliphatic heterocycles. The van der Waals surface area contributed by atoms with Crippen LogP contribution in [0.25, 0.3) is 0 Å². The summed E-state index contributed by atoms with van der Waals surface area (Å²) < 4.78 is 4.95. The van der Waals surface area contributed by atoms with Gasteiger partial charge in [-0.2, -0.15) is 0 Å². The Labute approximate surface area is 101 Å². The van der Waals surface area contributed by atoms with Gasteiger partial charge in [-0.25, -0.2) is 0 Å². The number of carbonyl (C=O) groups is 1. The van der Waals surface area contributed by atoms with Crippen molar-refractivity contribution in [1.82, 2.24) is 0 Å². The molecule has 0 aliphatic rings. The van der Waals surface area contributed by atoms with E-state index in [4.69, 9.17) is 9.84 Å². The summed E-state index contributed by atoms with van der Waals surface area (Å²) in [6, 6.07) is 6.11. The molecule has 0 bridgehead atoms. The first-order chi connectivity index (χ1) is 8.13. The van der Waals surface area contributed by atoms with Crippen molar-refractivity contribution in [1.29, 1.82) is 0 Å². The number of carbonyl (C=O) groups excluding carboxylic acids is 1. The fraction of sp³-hybridized carbons (Fsp3) is 0.462. The number of phenols is 1. The van der Waals surface area contributed by atoms with Crippen LogP contribution in [0.1, 0.15) is 37.9 Å². The fourth-order valence-electron chi connectivity index (χ4n) is 1.36. The molecule has 0 fully saturated rings. The van der Waals surface area contributed by atoms with Gasteiger partial charge < -0.3 is 14.9 Å². The number of aliphatic hydroxyl groups is 1. The molecule has 2 N–H and O–H groups in total. The number of aromatic hydroxyl groups is 1. The summed E-state index contributed by atoms with van der Waals surface area (Å²) >= 11 is 0. The predicted octanol–water partition coefficient (Wildman–Crippen LogP) is 2.16. The van der Waals surface area contributed by atoms with E-state index in [0.717, 1.165) is 12.8 Å². The maximum atomic E-state index is 11.3. The molecule has 94 valence electrons. The van der Waals surface area contributed by atoms with E-state index in [9.17, 15) is 9.90 Å². The van der Waals surface area contributed by atoms with E-state index < -0.39 is 12.1 Å². The Morgan fingerprint density at radius 2 is 2.00 bits per heavy atom. The Kier molecular flexibility index (Phi) is 5.49. The lowest BCUT2D eigenvalue weighted by Gasteiger charge is -2.10. The molecule has 1 aromatic rings. The van der Waals surface area contributed by atoms with E-state index >= 15 is 0 Å². The Hall–Kier alpha value is -1.55. The first kappa shape index (κ1) is 13.5. The third kappa shape index (κ3) is 4.87. The number of esters is 1. The van der Waals surface area contributed by atoms with Crippen LogP contribution in [-0.2, 0) is 9.53 Å². The molecule has 0 saturated carbocycles. The SMILES string of the molecule is CCCCOC(=O)CC(O)c1ccc(O)cc1. The monoisotopic (exact) mass is 238 g/mol. The zero-order chi connectivity index (χ0) is 12.7. The molecule has 4 heteroatoms. The molecule has 1 rings (SSSR count). The number of rotatable bonds is 6. The minimum atomic E-state index is -0.885. The summed E-state index contributed by atoms with van der Waals surface area (Å²) in [6.45, 7) is 2.41. The number of benzene rings is 1. The van der Waals surface area contributed by atoms with Crippen molar-refractivity contribution in [2.75, 3.05) is 6.61 Å². The van der Waals surface area contributed by atoms with Crippen molar-refractivity contribution in [2.24, 2.45) is 0 Å². The van der Waals surface area contributed by atoms with E-state index in [1.807, 2.05) is 6.92 Å².